The number of carbonyl (C=O) groups is 2. The van der Waals surface area contributed by atoms with E-state index in [2.05, 4.69) is 5.32 Å². The van der Waals surface area contributed by atoms with Crippen LogP contribution in [0.15, 0.2) is 42.5 Å². The van der Waals surface area contributed by atoms with E-state index in [0.717, 1.165) is 48.2 Å². The van der Waals surface area contributed by atoms with Crippen molar-refractivity contribution in [3.63, 3.8) is 0 Å². The summed E-state index contributed by atoms with van der Waals surface area (Å²) in [5.74, 6) is -0.553. The average Bonchev–Trinajstić information content (AvgIpc) is 2.86. The van der Waals surface area contributed by atoms with Gasteiger partial charge in [-0.05, 0) is 55.5 Å². The number of anilines is 1. The van der Waals surface area contributed by atoms with Crippen LogP contribution < -0.4 is 9.62 Å². The zero-order chi connectivity index (χ0) is 28.0. The number of nitrogens with one attached hydrogen (secondary N) is 1. The van der Waals surface area contributed by atoms with Crippen molar-refractivity contribution in [3.8, 4) is 0 Å². The van der Waals surface area contributed by atoms with Crippen LogP contribution in [0.1, 0.15) is 69.9 Å². The fourth-order valence-corrected chi connectivity index (χ4v) is 6.01. The minimum atomic E-state index is -3.80. The second-order valence-corrected chi connectivity index (χ2v) is 13.0. The Bertz CT molecular complexity index is 1210. The number of carbonyl (C=O) groups excluding carboxylic acids is 2. The Hall–Kier alpha value is -2.29. The highest BCUT2D eigenvalue weighted by atomic mass is 35.5. The fourth-order valence-electron chi connectivity index (χ4n) is 4.64. The molecule has 1 aliphatic carbocycles. The Balaban J connectivity index is 1.91. The van der Waals surface area contributed by atoms with Gasteiger partial charge < -0.3 is 10.2 Å². The molecule has 0 spiro atoms. The number of halogens is 2. The molecular formula is C28H37Cl2N3O4S. The molecule has 1 fully saturated rings. The second kappa shape index (κ2) is 13.2. The van der Waals surface area contributed by atoms with Gasteiger partial charge in [-0.2, -0.15) is 0 Å². The Kier molecular flexibility index (Phi) is 10.5. The van der Waals surface area contributed by atoms with Crippen molar-refractivity contribution >= 4 is 50.7 Å². The van der Waals surface area contributed by atoms with Gasteiger partial charge in [0.15, 0.2) is 0 Å². The molecule has 208 valence electrons. The van der Waals surface area contributed by atoms with E-state index in [4.69, 9.17) is 23.2 Å². The molecule has 0 unspecified atom stereocenters. The molecule has 0 aliphatic heterocycles. The number of benzene rings is 2. The third-order valence-corrected chi connectivity index (χ3v) is 8.88. The molecule has 7 nitrogen and oxygen atoms in total. The molecule has 0 bridgehead atoms. The van der Waals surface area contributed by atoms with Crippen molar-refractivity contribution < 1.29 is 18.0 Å². The summed E-state index contributed by atoms with van der Waals surface area (Å²) in [4.78, 5) is 28.4. The minimum Gasteiger partial charge on any atom is -0.352 e. The lowest BCUT2D eigenvalue weighted by atomic mass is 9.95. The molecule has 1 atom stereocenters. The first-order chi connectivity index (χ1) is 17.9. The van der Waals surface area contributed by atoms with Crippen LogP contribution in [0, 0.1) is 0 Å². The van der Waals surface area contributed by atoms with Crippen LogP contribution in [0.2, 0.25) is 10.0 Å². The lowest BCUT2D eigenvalue weighted by Gasteiger charge is -2.33. The van der Waals surface area contributed by atoms with E-state index in [-0.39, 0.29) is 24.4 Å². The van der Waals surface area contributed by atoms with Gasteiger partial charge in [0.1, 0.15) is 12.6 Å². The SMILES string of the molecule is CC(C)c1ccc(N(CC(=O)N(Cc2c(Cl)cccc2Cl)[C@H](C)C(=O)NC2CCCCC2)S(C)(=O)=O)cc1. The standard InChI is InChI=1S/C28H37Cl2N3O4S/c1-19(2)21-13-15-23(16-14-21)33(38(4,36)37)18-27(34)32(17-24-25(29)11-8-12-26(24)30)20(3)28(35)31-22-9-6-5-7-10-22/h8,11-16,19-20,22H,5-7,9-10,17-18H2,1-4H3,(H,31,35)/t20-/m1/s1. The summed E-state index contributed by atoms with van der Waals surface area (Å²) in [6.07, 6.45) is 6.11. The summed E-state index contributed by atoms with van der Waals surface area (Å²) in [5, 5.41) is 3.79. The first-order valence-corrected chi connectivity index (χ1v) is 15.6. The number of hydrogen-bond donors (Lipinski definition) is 1. The molecule has 10 heteroatoms. The molecule has 0 saturated heterocycles. The summed E-state index contributed by atoms with van der Waals surface area (Å²) in [7, 11) is -3.80. The molecule has 3 rings (SSSR count). The summed E-state index contributed by atoms with van der Waals surface area (Å²) in [6.45, 7) is 5.22. The number of hydrogen-bond acceptors (Lipinski definition) is 4. The molecule has 2 amide bonds. The van der Waals surface area contributed by atoms with Crippen LogP contribution in [0.5, 0.6) is 0 Å². The second-order valence-electron chi connectivity index (χ2n) is 10.3. The van der Waals surface area contributed by atoms with Gasteiger partial charge in [0.25, 0.3) is 0 Å². The molecule has 1 N–H and O–H groups in total. The quantitative estimate of drug-likeness (QED) is 0.387. The lowest BCUT2D eigenvalue weighted by Crippen LogP contribution is -2.53. The van der Waals surface area contributed by atoms with Crippen LogP contribution in [-0.2, 0) is 26.2 Å². The van der Waals surface area contributed by atoms with Crippen molar-refractivity contribution in [1.82, 2.24) is 10.2 Å². The monoisotopic (exact) mass is 581 g/mol. The number of amides is 2. The van der Waals surface area contributed by atoms with Crippen LogP contribution in [0.25, 0.3) is 0 Å². The van der Waals surface area contributed by atoms with Crippen LogP contribution >= 0.6 is 23.2 Å². The van der Waals surface area contributed by atoms with E-state index in [1.165, 1.54) is 4.90 Å². The maximum atomic E-state index is 13.8. The van der Waals surface area contributed by atoms with Crippen LogP contribution in [0.4, 0.5) is 5.69 Å². The Morgan fingerprint density at radius 2 is 1.55 bits per heavy atom. The molecular weight excluding hydrogens is 545 g/mol. The van der Waals surface area contributed by atoms with Crippen molar-refractivity contribution in [2.45, 2.75) is 77.4 Å². The third kappa shape index (κ3) is 7.87. The molecule has 38 heavy (non-hydrogen) atoms. The van der Waals surface area contributed by atoms with Crippen molar-refractivity contribution in [1.29, 1.82) is 0 Å². The average molecular weight is 583 g/mol. The first-order valence-electron chi connectivity index (χ1n) is 13.0. The zero-order valence-corrected chi connectivity index (χ0v) is 24.7. The summed E-state index contributed by atoms with van der Waals surface area (Å²) < 4.78 is 26.6. The lowest BCUT2D eigenvalue weighted by molar-refractivity contribution is -0.139. The van der Waals surface area contributed by atoms with E-state index in [1.807, 2.05) is 26.0 Å². The topological polar surface area (TPSA) is 86.8 Å². The van der Waals surface area contributed by atoms with Gasteiger partial charge in [-0.15, -0.1) is 0 Å². The molecule has 0 heterocycles. The predicted octanol–water partition coefficient (Wildman–Crippen LogP) is 5.75. The first kappa shape index (κ1) is 30.3. The van der Waals surface area contributed by atoms with Crippen LogP contribution in [-0.4, -0.2) is 50.0 Å². The van der Waals surface area contributed by atoms with Crippen molar-refractivity contribution in [2.75, 3.05) is 17.1 Å². The van der Waals surface area contributed by atoms with E-state index >= 15 is 0 Å². The highest BCUT2D eigenvalue weighted by Crippen LogP contribution is 2.28. The number of sulfonamides is 1. The Labute approximate surface area is 236 Å². The highest BCUT2D eigenvalue weighted by Gasteiger charge is 2.32. The molecule has 1 saturated carbocycles. The molecule has 2 aromatic carbocycles. The molecule has 2 aromatic rings. The Morgan fingerprint density at radius 1 is 0.974 bits per heavy atom. The van der Waals surface area contributed by atoms with Gasteiger partial charge in [0.2, 0.25) is 21.8 Å². The summed E-state index contributed by atoms with van der Waals surface area (Å²) in [5.41, 5.74) is 1.92. The van der Waals surface area contributed by atoms with Crippen molar-refractivity contribution in [3.05, 3.63) is 63.6 Å². The van der Waals surface area contributed by atoms with E-state index in [0.29, 0.717) is 21.3 Å². The normalized spacial score (nSPS) is 15.2. The Morgan fingerprint density at radius 3 is 2.08 bits per heavy atom. The van der Waals surface area contributed by atoms with Gasteiger partial charge in [-0.1, -0.05) is 74.5 Å². The smallest absolute Gasteiger partial charge is 0.244 e. The zero-order valence-electron chi connectivity index (χ0n) is 22.4. The molecule has 1 aliphatic rings. The summed E-state index contributed by atoms with van der Waals surface area (Å²) >= 11 is 12.8. The molecule has 0 aromatic heterocycles. The van der Waals surface area contributed by atoms with Gasteiger partial charge in [-0.25, -0.2) is 8.42 Å². The van der Waals surface area contributed by atoms with Gasteiger partial charge >= 0.3 is 0 Å². The van der Waals surface area contributed by atoms with Gasteiger partial charge in [0.05, 0.1) is 11.9 Å². The minimum absolute atomic E-state index is 0.0412. The predicted molar refractivity (Wildman–Crippen MR) is 154 cm³/mol. The highest BCUT2D eigenvalue weighted by molar-refractivity contribution is 7.92. The third-order valence-electron chi connectivity index (χ3n) is 7.04. The van der Waals surface area contributed by atoms with Gasteiger partial charge in [-0.3, -0.25) is 13.9 Å². The maximum absolute atomic E-state index is 13.8. The van der Waals surface area contributed by atoms with Gasteiger partial charge in [0, 0.05) is 28.2 Å². The summed E-state index contributed by atoms with van der Waals surface area (Å²) in [6, 6.07) is 11.3. The maximum Gasteiger partial charge on any atom is 0.244 e. The van der Waals surface area contributed by atoms with E-state index < -0.39 is 28.5 Å². The van der Waals surface area contributed by atoms with E-state index in [1.54, 1.807) is 37.3 Å². The number of nitrogens with zero attached hydrogens (tertiary/aromatic N) is 2. The van der Waals surface area contributed by atoms with Crippen LogP contribution in [0.3, 0.4) is 0 Å². The number of rotatable bonds is 10. The fraction of sp³-hybridized carbons (Fsp3) is 0.500. The largest absolute Gasteiger partial charge is 0.352 e. The molecule has 0 radical (unpaired) electrons. The van der Waals surface area contributed by atoms with E-state index in [9.17, 15) is 18.0 Å². The van der Waals surface area contributed by atoms with Crippen molar-refractivity contribution in [2.24, 2.45) is 0 Å².